The van der Waals surface area contributed by atoms with Crippen molar-refractivity contribution in [1.29, 1.82) is 0 Å². The fourth-order valence-corrected chi connectivity index (χ4v) is 3.62. The van der Waals surface area contributed by atoms with E-state index in [4.69, 9.17) is 23.1 Å². The lowest BCUT2D eigenvalue weighted by atomic mass is 9.72. The molecule has 0 radical (unpaired) electrons. The van der Waals surface area contributed by atoms with Gasteiger partial charge in [-0.1, -0.05) is 6.92 Å². The molecule has 0 amide bonds. The van der Waals surface area contributed by atoms with Crippen LogP contribution < -0.4 is 0 Å². The molecule has 5 nitrogen and oxygen atoms in total. The zero-order chi connectivity index (χ0) is 14.8. The van der Waals surface area contributed by atoms with Crippen molar-refractivity contribution in [1.82, 2.24) is 0 Å². The van der Waals surface area contributed by atoms with Crippen LogP contribution in [-0.2, 0) is 23.1 Å². The summed E-state index contributed by atoms with van der Waals surface area (Å²) in [4.78, 5) is 0. The quantitative estimate of drug-likeness (QED) is 0.405. The minimum absolute atomic E-state index is 0.304. The van der Waals surface area contributed by atoms with E-state index in [2.05, 4.69) is 6.92 Å². The van der Waals surface area contributed by atoms with Crippen LogP contribution in [0.3, 0.4) is 0 Å². The molecule has 1 aliphatic rings. The molecular weight excluding hydrogens is 276 g/mol. The maximum atomic E-state index is 5.74. The van der Waals surface area contributed by atoms with Crippen molar-refractivity contribution >= 4 is 9.28 Å². The molecule has 1 aliphatic heterocycles. The first-order valence-electron chi connectivity index (χ1n) is 7.36. The summed E-state index contributed by atoms with van der Waals surface area (Å²) in [5.74, 6) is 0.606. The van der Waals surface area contributed by atoms with Crippen molar-refractivity contribution < 1.29 is 23.1 Å². The highest BCUT2D eigenvalue weighted by atomic mass is 28.3. The molecule has 1 fully saturated rings. The summed E-state index contributed by atoms with van der Waals surface area (Å²) in [7, 11) is 3.70. The van der Waals surface area contributed by atoms with Crippen LogP contribution in [0.25, 0.3) is 0 Å². The Bertz CT molecular complexity index is 244. The second-order valence-corrected chi connectivity index (χ2v) is 8.10. The fourth-order valence-electron chi connectivity index (χ4n) is 2.60. The van der Waals surface area contributed by atoms with Gasteiger partial charge in [0.25, 0.3) is 0 Å². The van der Waals surface area contributed by atoms with Crippen molar-refractivity contribution in [3.63, 3.8) is 0 Å². The van der Waals surface area contributed by atoms with E-state index in [1.54, 1.807) is 21.3 Å². The normalized spacial score (nSPS) is 19.1. The molecule has 0 spiro atoms. The Morgan fingerprint density at radius 1 is 1.05 bits per heavy atom. The Labute approximate surface area is 124 Å². The van der Waals surface area contributed by atoms with Gasteiger partial charge in [-0.3, -0.25) is 0 Å². The Kier molecular flexibility index (Phi) is 8.91. The van der Waals surface area contributed by atoms with Crippen molar-refractivity contribution in [2.75, 3.05) is 54.4 Å². The molecule has 6 heteroatoms. The Morgan fingerprint density at radius 2 is 1.70 bits per heavy atom. The SMILES string of the molecule is COCCC(CCOCC[SiH](OC)OC)C1(C)COC1. The van der Waals surface area contributed by atoms with E-state index in [1.165, 1.54) is 0 Å². The Hall–Kier alpha value is 0.0169. The Balaban J connectivity index is 2.18. The van der Waals surface area contributed by atoms with Crippen LogP contribution in [0.5, 0.6) is 0 Å². The highest BCUT2D eigenvalue weighted by Crippen LogP contribution is 2.39. The van der Waals surface area contributed by atoms with Crippen LogP contribution in [0.4, 0.5) is 0 Å². The van der Waals surface area contributed by atoms with Gasteiger partial charge in [-0.25, -0.2) is 0 Å². The summed E-state index contributed by atoms with van der Waals surface area (Å²) in [6.45, 7) is 6.35. The van der Waals surface area contributed by atoms with Gasteiger partial charge in [-0.2, -0.15) is 0 Å². The largest absolute Gasteiger partial charge is 0.400 e. The molecule has 1 unspecified atom stereocenters. The van der Waals surface area contributed by atoms with Crippen molar-refractivity contribution in [3.8, 4) is 0 Å². The first-order chi connectivity index (χ1) is 9.66. The minimum atomic E-state index is -1.47. The lowest BCUT2D eigenvalue weighted by Gasteiger charge is -2.44. The van der Waals surface area contributed by atoms with Crippen molar-refractivity contribution in [3.05, 3.63) is 0 Å². The second kappa shape index (κ2) is 9.86. The van der Waals surface area contributed by atoms with Crippen molar-refractivity contribution in [2.24, 2.45) is 11.3 Å². The first-order valence-corrected chi connectivity index (χ1v) is 9.12. The third kappa shape index (κ3) is 5.79. The Morgan fingerprint density at radius 3 is 2.20 bits per heavy atom. The summed E-state index contributed by atoms with van der Waals surface area (Å²) < 4.78 is 26.9. The number of hydrogen-bond acceptors (Lipinski definition) is 5. The molecule has 1 heterocycles. The molecule has 120 valence electrons. The third-order valence-electron chi connectivity index (χ3n) is 4.15. The molecule has 0 aromatic rings. The van der Waals surface area contributed by atoms with Crippen LogP contribution >= 0.6 is 0 Å². The average Bonchev–Trinajstić information content (AvgIpc) is 2.43. The third-order valence-corrected chi connectivity index (χ3v) is 5.91. The first kappa shape index (κ1) is 18.1. The van der Waals surface area contributed by atoms with E-state index in [9.17, 15) is 0 Å². The van der Waals surface area contributed by atoms with E-state index in [1.807, 2.05) is 0 Å². The zero-order valence-corrected chi connectivity index (χ0v) is 14.5. The van der Waals surface area contributed by atoms with Gasteiger partial charge in [0.1, 0.15) is 0 Å². The van der Waals surface area contributed by atoms with Gasteiger partial charge >= 0.3 is 9.28 Å². The molecule has 1 saturated heterocycles. The maximum absolute atomic E-state index is 5.74. The molecule has 0 saturated carbocycles. The van der Waals surface area contributed by atoms with Gasteiger partial charge in [0.05, 0.1) is 13.2 Å². The molecule has 20 heavy (non-hydrogen) atoms. The topological polar surface area (TPSA) is 46.2 Å². The van der Waals surface area contributed by atoms with Crippen molar-refractivity contribution in [2.45, 2.75) is 25.8 Å². The van der Waals surface area contributed by atoms with Crippen LogP contribution in [0, 0.1) is 11.3 Å². The fraction of sp³-hybridized carbons (Fsp3) is 1.00. The van der Waals surface area contributed by atoms with Gasteiger partial charge < -0.3 is 23.1 Å². The standard InChI is InChI=1S/C14H30O5Si/c1-14(11-19-12-14)13(5-7-15-2)6-8-18-9-10-20(16-3)17-4/h13,20H,5-12H2,1-4H3. The maximum Gasteiger partial charge on any atom is 0.323 e. The van der Waals surface area contributed by atoms with Crippen LogP contribution in [0.1, 0.15) is 19.8 Å². The molecule has 0 bridgehead atoms. The lowest BCUT2D eigenvalue weighted by Crippen LogP contribution is -2.46. The zero-order valence-electron chi connectivity index (χ0n) is 13.4. The van der Waals surface area contributed by atoms with Gasteiger partial charge in [0, 0.05) is 52.6 Å². The number of rotatable bonds is 12. The van der Waals surface area contributed by atoms with E-state index < -0.39 is 9.28 Å². The second-order valence-electron chi connectivity index (χ2n) is 5.72. The predicted octanol–water partition coefficient (Wildman–Crippen LogP) is 1.60. The van der Waals surface area contributed by atoms with E-state index in [0.717, 1.165) is 51.9 Å². The highest BCUT2D eigenvalue weighted by Gasteiger charge is 2.40. The van der Waals surface area contributed by atoms with E-state index in [-0.39, 0.29) is 0 Å². The number of ether oxygens (including phenoxy) is 3. The summed E-state index contributed by atoms with van der Waals surface area (Å²) in [6, 6.07) is 0.899. The van der Waals surface area contributed by atoms with Gasteiger partial charge in [0.15, 0.2) is 0 Å². The van der Waals surface area contributed by atoms with Crippen LogP contribution in [-0.4, -0.2) is 63.6 Å². The minimum Gasteiger partial charge on any atom is -0.400 e. The van der Waals surface area contributed by atoms with Gasteiger partial charge in [-0.15, -0.1) is 0 Å². The van der Waals surface area contributed by atoms with E-state index in [0.29, 0.717) is 11.3 Å². The number of methoxy groups -OCH3 is 1. The molecule has 1 rings (SSSR count). The monoisotopic (exact) mass is 306 g/mol. The molecule has 0 aromatic carbocycles. The lowest BCUT2D eigenvalue weighted by molar-refractivity contribution is -0.142. The predicted molar refractivity (Wildman–Crippen MR) is 80.3 cm³/mol. The van der Waals surface area contributed by atoms with E-state index >= 15 is 0 Å². The summed E-state index contributed by atoms with van der Waals surface area (Å²) in [5.41, 5.74) is 0.304. The summed E-state index contributed by atoms with van der Waals surface area (Å²) in [6.07, 6.45) is 2.14. The molecule has 0 aliphatic carbocycles. The number of hydrogen-bond donors (Lipinski definition) is 0. The molecule has 1 atom stereocenters. The van der Waals surface area contributed by atoms with Crippen LogP contribution in [0.15, 0.2) is 0 Å². The molecule has 0 N–H and O–H groups in total. The summed E-state index contributed by atoms with van der Waals surface area (Å²) >= 11 is 0. The molecular formula is C14H30O5Si. The van der Waals surface area contributed by atoms with Gasteiger partial charge in [-0.05, 0) is 18.8 Å². The smallest absolute Gasteiger partial charge is 0.323 e. The van der Waals surface area contributed by atoms with Gasteiger partial charge in [0.2, 0.25) is 0 Å². The van der Waals surface area contributed by atoms with Crippen LogP contribution in [0.2, 0.25) is 6.04 Å². The average molecular weight is 306 g/mol. The molecule has 0 aromatic heterocycles. The summed E-state index contributed by atoms with van der Waals surface area (Å²) in [5, 5.41) is 0. The highest BCUT2D eigenvalue weighted by molar-refractivity contribution is 6.44.